The highest BCUT2D eigenvalue weighted by Gasteiger charge is 2.36. The fourth-order valence-corrected chi connectivity index (χ4v) is 5.86. The van der Waals surface area contributed by atoms with Crippen molar-refractivity contribution in [2.24, 2.45) is 11.5 Å². The Morgan fingerprint density at radius 3 is 2.44 bits per heavy atom. The Bertz CT molecular complexity index is 1750. The predicted molar refractivity (Wildman–Crippen MR) is 169 cm³/mol. The third-order valence-corrected chi connectivity index (χ3v) is 8.34. The molecule has 0 aliphatic carbocycles. The molecule has 16 heteroatoms. The lowest BCUT2D eigenvalue weighted by molar-refractivity contribution is -0.137. The van der Waals surface area contributed by atoms with Crippen LogP contribution in [0.5, 0.6) is 0 Å². The van der Waals surface area contributed by atoms with Gasteiger partial charge in [-0.05, 0) is 49.6 Å². The molecule has 45 heavy (non-hydrogen) atoms. The number of nitrogens with two attached hydrogens (primary N) is 2. The molecule has 3 heterocycles. The van der Waals surface area contributed by atoms with E-state index in [2.05, 4.69) is 20.0 Å². The molecule has 0 spiro atoms. The van der Waals surface area contributed by atoms with E-state index in [1.54, 1.807) is 41.4 Å². The van der Waals surface area contributed by atoms with E-state index in [0.717, 1.165) is 23.4 Å². The molecule has 0 radical (unpaired) electrons. The van der Waals surface area contributed by atoms with Gasteiger partial charge in [-0.1, -0.05) is 30.4 Å². The Morgan fingerprint density at radius 2 is 1.87 bits per heavy atom. The summed E-state index contributed by atoms with van der Waals surface area (Å²) in [7, 11) is -3.42. The Balaban J connectivity index is 1.37. The number of nitrogens with one attached hydrogen (secondary N) is 3. The predicted octanol–water partition coefficient (Wildman–Crippen LogP) is 3.66. The normalized spacial score (nSPS) is 15.8. The smallest absolute Gasteiger partial charge is 0.398 e. The minimum absolute atomic E-state index is 0.00128. The van der Waals surface area contributed by atoms with Crippen LogP contribution >= 0.6 is 12.2 Å². The van der Waals surface area contributed by atoms with E-state index in [4.69, 9.17) is 23.7 Å². The van der Waals surface area contributed by atoms with Crippen molar-refractivity contribution in [2.45, 2.75) is 38.1 Å². The molecule has 1 amide bonds. The van der Waals surface area contributed by atoms with Crippen molar-refractivity contribution in [1.29, 1.82) is 0 Å². The van der Waals surface area contributed by atoms with E-state index in [-0.39, 0.29) is 28.6 Å². The summed E-state index contributed by atoms with van der Waals surface area (Å²) in [6.07, 6.45) is -1.85. The zero-order chi connectivity index (χ0) is 33.1. The molecular weight excluding hydrogens is 631 g/mol. The Labute approximate surface area is 263 Å². The highest BCUT2D eigenvalue weighted by Crippen LogP contribution is 2.37. The van der Waals surface area contributed by atoms with Gasteiger partial charge in [0.25, 0.3) is 0 Å². The molecule has 1 aliphatic heterocycles. The number of piperidine rings is 1. The summed E-state index contributed by atoms with van der Waals surface area (Å²) in [5, 5.41) is 14.0. The first-order valence-corrected chi connectivity index (χ1v) is 16.1. The van der Waals surface area contributed by atoms with Crippen molar-refractivity contribution in [2.75, 3.05) is 35.5 Å². The SMILES string of the molecule is C/C(C(N)=O)=C(/N)c1c(C(F)(F)F)cc(N2CCC(NCC(O)c3ccc(-c4cccc(NS(C)(=O)=O)c4)cn3)CC2)[nH]c1=S. The molecular formula is C29H34F3N7O4S2. The Kier molecular flexibility index (Phi) is 10.2. The van der Waals surface area contributed by atoms with E-state index in [0.29, 0.717) is 37.3 Å². The van der Waals surface area contributed by atoms with Crippen molar-refractivity contribution in [3.63, 3.8) is 0 Å². The van der Waals surface area contributed by atoms with Crippen LogP contribution < -0.4 is 26.4 Å². The molecule has 2 aromatic heterocycles. The topological polar surface area (TPSA) is 179 Å². The van der Waals surface area contributed by atoms with Gasteiger partial charge in [0.05, 0.1) is 23.2 Å². The number of hydrogen-bond acceptors (Lipinski definition) is 9. The van der Waals surface area contributed by atoms with Crippen LogP contribution in [-0.2, 0) is 21.0 Å². The molecule has 1 aromatic carbocycles. The number of benzene rings is 1. The zero-order valence-electron chi connectivity index (χ0n) is 24.5. The number of rotatable bonds is 10. The zero-order valence-corrected chi connectivity index (χ0v) is 26.1. The molecule has 0 bridgehead atoms. The van der Waals surface area contributed by atoms with Gasteiger partial charge in [0, 0.05) is 54.3 Å². The number of alkyl halides is 3. The number of aromatic amines is 1. The average molecular weight is 666 g/mol. The summed E-state index contributed by atoms with van der Waals surface area (Å²) < 4.78 is 67.3. The van der Waals surface area contributed by atoms with Crippen LogP contribution in [0.25, 0.3) is 16.8 Å². The molecule has 3 aromatic rings. The van der Waals surface area contributed by atoms with Gasteiger partial charge in [0.15, 0.2) is 0 Å². The molecule has 1 saturated heterocycles. The molecule has 242 valence electrons. The Hall–Kier alpha value is -3.99. The first-order chi connectivity index (χ1) is 21.0. The minimum atomic E-state index is -4.78. The van der Waals surface area contributed by atoms with Gasteiger partial charge in [0.2, 0.25) is 15.9 Å². The number of carbonyl (C=O) groups is 1. The van der Waals surface area contributed by atoms with Gasteiger partial charge in [-0.25, -0.2) is 8.42 Å². The Morgan fingerprint density at radius 1 is 1.18 bits per heavy atom. The second-order valence-corrected chi connectivity index (χ2v) is 12.9. The number of aliphatic hydroxyl groups excluding tert-OH is 1. The molecule has 11 nitrogen and oxygen atoms in total. The van der Waals surface area contributed by atoms with Crippen LogP contribution in [0.2, 0.25) is 0 Å². The second-order valence-electron chi connectivity index (χ2n) is 10.8. The van der Waals surface area contributed by atoms with E-state index < -0.39 is 45.0 Å². The van der Waals surface area contributed by atoms with E-state index in [9.17, 15) is 31.5 Å². The van der Waals surface area contributed by atoms with Gasteiger partial charge in [-0.3, -0.25) is 14.5 Å². The lowest BCUT2D eigenvalue weighted by Crippen LogP contribution is -2.44. The third kappa shape index (κ3) is 8.59. The van der Waals surface area contributed by atoms with Crippen molar-refractivity contribution in [3.8, 4) is 11.1 Å². The molecule has 1 aliphatic rings. The van der Waals surface area contributed by atoms with Crippen LogP contribution in [0.15, 0.2) is 54.2 Å². The van der Waals surface area contributed by atoms with Crippen molar-refractivity contribution in [3.05, 3.63) is 75.7 Å². The van der Waals surface area contributed by atoms with Crippen LogP contribution in [0.1, 0.15) is 42.7 Å². The number of hydrogen-bond donors (Lipinski definition) is 6. The summed E-state index contributed by atoms with van der Waals surface area (Å²) in [6, 6.07) is 11.3. The summed E-state index contributed by atoms with van der Waals surface area (Å²) in [6.45, 7) is 2.29. The molecule has 8 N–H and O–H groups in total. The van der Waals surface area contributed by atoms with Gasteiger partial charge in [-0.15, -0.1) is 0 Å². The van der Waals surface area contributed by atoms with Crippen molar-refractivity contribution >= 4 is 45.4 Å². The number of primary amides is 1. The largest absolute Gasteiger partial charge is 0.417 e. The first kappa shape index (κ1) is 33.9. The number of halogens is 3. The standard InChI is InChI=1S/C29H34F3N7O4S2/c1-16(27(34)41)26(33)25-21(29(30,31)32)13-24(37-28(25)44)39-10-8-19(9-11-39)35-15-23(40)22-7-6-18(14-36-22)17-4-3-5-20(12-17)38-45(2,42)43/h3-7,12-14,19,23,35,38,40H,8-11,15,33H2,1-2H3,(H2,34,41)(H,37,44)/b26-16-. The van der Waals surface area contributed by atoms with Gasteiger partial charge < -0.3 is 31.8 Å². The molecule has 0 saturated carbocycles. The summed E-state index contributed by atoms with van der Waals surface area (Å²) >= 11 is 5.23. The van der Waals surface area contributed by atoms with Crippen LogP contribution in [0, 0.1) is 4.64 Å². The van der Waals surface area contributed by atoms with Gasteiger partial charge >= 0.3 is 6.18 Å². The minimum Gasteiger partial charge on any atom is -0.398 e. The number of aromatic nitrogens is 2. The van der Waals surface area contributed by atoms with E-state index >= 15 is 0 Å². The fourth-order valence-electron chi connectivity index (χ4n) is 4.98. The van der Waals surface area contributed by atoms with Crippen LogP contribution in [0.4, 0.5) is 24.7 Å². The number of H-pyrrole nitrogens is 1. The highest BCUT2D eigenvalue weighted by atomic mass is 32.2. The summed E-state index contributed by atoms with van der Waals surface area (Å²) in [4.78, 5) is 20.5. The molecule has 4 rings (SSSR count). The maximum absolute atomic E-state index is 14.0. The third-order valence-electron chi connectivity index (χ3n) is 7.43. The highest BCUT2D eigenvalue weighted by molar-refractivity contribution is 7.92. The van der Waals surface area contributed by atoms with Crippen LogP contribution in [-0.4, -0.2) is 61.3 Å². The molecule has 1 fully saturated rings. The number of aliphatic hydroxyl groups is 1. The number of carbonyl (C=O) groups excluding carboxylic acids is 1. The average Bonchev–Trinajstić information content (AvgIpc) is 2.98. The van der Waals surface area contributed by atoms with Gasteiger partial charge in [0.1, 0.15) is 16.6 Å². The molecule has 1 unspecified atom stereocenters. The number of pyridine rings is 2. The van der Waals surface area contributed by atoms with E-state index in [1.165, 1.54) is 6.92 Å². The summed E-state index contributed by atoms with van der Waals surface area (Å²) in [5.41, 5.74) is 11.3. The number of anilines is 2. The number of amides is 1. The monoisotopic (exact) mass is 665 g/mol. The first-order valence-electron chi connectivity index (χ1n) is 13.8. The van der Waals surface area contributed by atoms with Gasteiger partial charge in [-0.2, -0.15) is 13.2 Å². The number of nitrogens with zero attached hydrogens (tertiary/aromatic N) is 2. The lowest BCUT2D eigenvalue weighted by Gasteiger charge is -2.34. The summed E-state index contributed by atoms with van der Waals surface area (Å²) in [5.74, 6) is -0.764. The quantitative estimate of drug-likeness (QED) is 0.139. The molecule has 1 atom stereocenters. The fraction of sp³-hybridized carbons (Fsp3) is 0.345. The van der Waals surface area contributed by atoms with Crippen LogP contribution in [0.3, 0.4) is 0 Å². The van der Waals surface area contributed by atoms with Crippen molar-refractivity contribution < 1.29 is 31.5 Å². The van der Waals surface area contributed by atoms with E-state index in [1.807, 2.05) is 6.07 Å². The van der Waals surface area contributed by atoms with Crippen molar-refractivity contribution in [1.82, 2.24) is 15.3 Å². The number of sulfonamides is 1. The maximum Gasteiger partial charge on any atom is 0.417 e. The lowest BCUT2D eigenvalue weighted by atomic mass is 10.0. The maximum atomic E-state index is 14.0. The second kappa shape index (κ2) is 13.6.